The van der Waals surface area contributed by atoms with Gasteiger partial charge in [0.1, 0.15) is 0 Å². The number of benzene rings is 3. The molecule has 3 amide bonds. The lowest BCUT2D eigenvalue weighted by Crippen LogP contribution is -2.44. The van der Waals surface area contributed by atoms with E-state index in [-0.39, 0.29) is 42.7 Å². The van der Waals surface area contributed by atoms with Crippen molar-refractivity contribution in [1.82, 2.24) is 25.6 Å². The van der Waals surface area contributed by atoms with E-state index in [0.29, 0.717) is 54.4 Å². The van der Waals surface area contributed by atoms with Gasteiger partial charge in [-0.1, -0.05) is 66.8 Å². The molecule has 56 heavy (non-hydrogen) atoms. The summed E-state index contributed by atoms with van der Waals surface area (Å²) in [6.07, 6.45) is 9.73. The van der Waals surface area contributed by atoms with Crippen LogP contribution in [0, 0.1) is 17.8 Å². The average Bonchev–Trinajstić information content (AvgIpc) is 3.78. The van der Waals surface area contributed by atoms with Gasteiger partial charge in [0.2, 0.25) is 11.8 Å². The number of aryl methyl sites for hydroxylation is 1. The van der Waals surface area contributed by atoms with Crippen molar-refractivity contribution in [2.45, 2.75) is 63.6 Å². The Bertz CT molecular complexity index is 2010. The van der Waals surface area contributed by atoms with Gasteiger partial charge in [0.25, 0.3) is 5.91 Å². The topological polar surface area (TPSA) is 174 Å². The van der Waals surface area contributed by atoms with Crippen molar-refractivity contribution in [1.29, 1.82) is 0 Å². The molecule has 4 heterocycles. The van der Waals surface area contributed by atoms with E-state index < -0.39 is 17.4 Å². The number of carbonyl (C=O) groups is 3. The molecule has 3 unspecified atom stereocenters. The Kier molecular flexibility index (Phi) is 12.4. The molecule has 0 spiro atoms. The van der Waals surface area contributed by atoms with Crippen LogP contribution in [0.1, 0.15) is 67.3 Å². The maximum Gasteiger partial charge on any atom is 0.264 e. The quantitative estimate of drug-likeness (QED) is 0.103. The number of aromatic nitrogens is 3. The van der Waals surface area contributed by atoms with Crippen molar-refractivity contribution in [2.24, 2.45) is 17.8 Å². The molecule has 5 atom stereocenters. The van der Waals surface area contributed by atoms with Gasteiger partial charge in [-0.2, -0.15) is 0 Å². The van der Waals surface area contributed by atoms with Crippen molar-refractivity contribution in [3.05, 3.63) is 114 Å². The van der Waals surface area contributed by atoms with Gasteiger partial charge in [-0.15, -0.1) is 5.10 Å². The first-order valence-electron chi connectivity index (χ1n) is 19.8. The minimum absolute atomic E-state index is 0.00668. The summed E-state index contributed by atoms with van der Waals surface area (Å²) in [5, 5.41) is 43.7. The SMILES string of the molecule is C[C@H](/C=C/CCn1cc(C(CO)c2ccccc2)nn1)[C@@]1(O)C(=O)N(Cc2ccc(NC(=O)C3CCCNC3)cc2)c2ccc(NC(=O)C3CCCNC3)cc21. The summed E-state index contributed by atoms with van der Waals surface area (Å²) in [5.74, 6) is -1.67. The highest BCUT2D eigenvalue weighted by molar-refractivity contribution is 6.08. The molecule has 2 saturated heterocycles. The summed E-state index contributed by atoms with van der Waals surface area (Å²) in [6, 6.07) is 22.4. The molecule has 4 aromatic rings. The summed E-state index contributed by atoms with van der Waals surface area (Å²) in [5.41, 5.74) is 2.79. The summed E-state index contributed by atoms with van der Waals surface area (Å²) < 4.78 is 1.73. The summed E-state index contributed by atoms with van der Waals surface area (Å²) >= 11 is 0. The Morgan fingerprint density at radius 2 is 1.61 bits per heavy atom. The van der Waals surface area contributed by atoms with Crippen LogP contribution in [0.5, 0.6) is 0 Å². The summed E-state index contributed by atoms with van der Waals surface area (Å²) in [4.78, 5) is 42.0. The number of anilines is 3. The molecule has 13 heteroatoms. The third kappa shape index (κ3) is 8.61. The van der Waals surface area contributed by atoms with E-state index in [2.05, 4.69) is 31.6 Å². The van der Waals surface area contributed by atoms with Crippen molar-refractivity contribution in [3.8, 4) is 0 Å². The molecule has 0 radical (unpaired) electrons. The van der Waals surface area contributed by atoms with Crippen LogP contribution < -0.4 is 26.2 Å². The minimum Gasteiger partial charge on any atom is -0.395 e. The zero-order valence-electron chi connectivity index (χ0n) is 31.9. The second kappa shape index (κ2) is 17.7. The highest BCUT2D eigenvalue weighted by Gasteiger charge is 2.52. The molecule has 1 aromatic heterocycles. The molecule has 3 aromatic carbocycles. The standard InChI is InChI=1S/C43H52N8O5/c1-29(9-5-6-22-50-27-38(48-49-50)36(28-52)31-10-3-2-4-11-31)43(56)37-23-35(47-41(54)33-13-8-21-45-25-33)18-19-39(37)51(42(43)55)26-30-14-16-34(17-15-30)46-40(53)32-12-7-20-44-24-32/h2-5,9-11,14-19,23,27,29,32-33,36,44-45,52,56H,6-8,12-13,20-22,24-26,28H2,1H3,(H,46,53)(H,47,54)/b9-5+/t29-,32?,33?,36?,43+/m1/s1. The fraction of sp³-hybridized carbons (Fsp3) is 0.419. The van der Waals surface area contributed by atoms with Gasteiger partial charge >= 0.3 is 0 Å². The lowest BCUT2D eigenvalue weighted by molar-refractivity contribution is -0.139. The Morgan fingerprint density at radius 3 is 2.25 bits per heavy atom. The van der Waals surface area contributed by atoms with Gasteiger partial charge in [-0.25, -0.2) is 0 Å². The Hall–Kier alpha value is -5.21. The third-order valence-electron chi connectivity index (χ3n) is 11.3. The van der Waals surface area contributed by atoms with Crippen LogP contribution in [0.15, 0.2) is 91.1 Å². The number of nitrogens with zero attached hydrogens (tertiary/aromatic N) is 4. The fourth-order valence-electron chi connectivity index (χ4n) is 7.98. The lowest BCUT2D eigenvalue weighted by atomic mass is 9.82. The average molecular weight is 761 g/mol. The number of hydrogen-bond donors (Lipinski definition) is 6. The molecule has 2 fully saturated rings. The smallest absolute Gasteiger partial charge is 0.264 e. The maximum atomic E-state index is 14.4. The van der Waals surface area contributed by atoms with E-state index >= 15 is 0 Å². The molecule has 0 bridgehead atoms. The normalized spacial score (nSPS) is 22.1. The number of fused-ring (bicyclic) bond motifs is 1. The van der Waals surface area contributed by atoms with Crippen LogP contribution in [0.2, 0.25) is 0 Å². The van der Waals surface area contributed by atoms with Crippen LogP contribution in [0.4, 0.5) is 17.1 Å². The number of aliphatic hydroxyl groups is 2. The van der Waals surface area contributed by atoms with Gasteiger partial charge in [-0.05, 0) is 86.7 Å². The molecule has 0 saturated carbocycles. The molecule has 3 aliphatic heterocycles. The number of piperidine rings is 2. The Balaban J connectivity index is 1.07. The molecule has 294 valence electrons. The number of carbonyl (C=O) groups excluding carboxylic acids is 3. The first kappa shape index (κ1) is 39.0. The van der Waals surface area contributed by atoms with Gasteiger partial charge in [0.15, 0.2) is 5.60 Å². The lowest BCUT2D eigenvalue weighted by Gasteiger charge is -2.28. The highest BCUT2D eigenvalue weighted by Crippen LogP contribution is 2.47. The zero-order chi connectivity index (χ0) is 39.1. The predicted molar refractivity (Wildman–Crippen MR) is 215 cm³/mol. The number of aliphatic hydroxyl groups excluding tert-OH is 1. The van der Waals surface area contributed by atoms with Gasteiger partial charge in [0, 0.05) is 48.7 Å². The second-order valence-corrected chi connectivity index (χ2v) is 15.2. The van der Waals surface area contributed by atoms with Crippen LogP contribution >= 0.6 is 0 Å². The van der Waals surface area contributed by atoms with Crippen molar-refractivity contribution in [3.63, 3.8) is 0 Å². The number of rotatable bonds is 14. The first-order chi connectivity index (χ1) is 27.2. The molecule has 0 aliphatic carbocycles. The van der Waals surface area contributed by atoms with E-state index in [1.165, 1.54) is 0 Å². The summed E-state index contributed by atoms with van der Waals surface area (Å²) in [7, 11) is 0. The highest BCUT2D eigenvalue weighted by atomic mass is 16.3. The number of hydrogen-bond acceptors (Lipinski definition) is 9. The predicted octanol–water partition coefficient (Wildman–Crippen LogP) is 4.30. The maximum absolute atomic E-state index is 14.4. The molecule has 7 rings (SSSR count). The molecule has 6 N–H and O–H groups in total. The van der Waals surface area contributed by atoms with Crippen molar-refractivity contribution in [2.75, 3.05) is 48.3 Å². The second-order valence-electron chi connectivity index (χ2n) is 15.2. The van der Waals surface area contributed by atoms with Gasteiger partial charge in [0.05, 0.1) is 42.3 Å². The molecule has 13 nitrogen and oxygen atoms in total. The molecular formula is C43H52N8O5. The van der Waals surface area contributed by atoms with Crippen molar-refractivity contribution >= 4 is 34.8 Å². The minimum atomic E-state index is -1.90. The Morgan fingerprint density at radius 1 is 0.946 bits per heavy atom. The van der Waals surface area contributed by atoms with Crippen LogP contribution in [0.25, 0.3) is 0 Å². The molecule has 3 aliphatic rings. The van der Waals surface area contributed by atoms with Crippen LogP contribution in [-0.4, -0.2) is 75.7 Å². The van der Waals surface area contributed by atoms with E-state index in [1.54, 1.807) is 27.8 Å². The summed E-state index contributed by atoms with van der Waals surface area (Å²) in [6.45, 7) is 5.56. The van der Waals surface area contributed by atoms with Gasteiger partial charge < -0.3 is 36.4 Å². The number of amides is 3. The van der Waals surface area contributed by atoms with E-state index in [0.717, 1.165) is 49.9 Å². The third-order valence-corrected chi connectivity index (χ3v) is 11.3. The number of nitrogens with one attached hydrogen (secondary N) is 4. The first-order valence-corrected chi connectivity index (χ1v) is 19.8. The van der Waals surface area contributed by atoms with Gasteiger partial charge in [-0.3, -0.25) is 19.1 Å². The zero-order valence-corrected chi connectivity index (χ0v) is 31.9. The van der Waals surface area contributed by atoms with E-state index in [9.17, 15) is 24.6 Å². The molecular weight excluding hydrogens is 709 g/mol. The largest absolute Gasteiger partial charge is 0.395 e. The van der Waals surface area contributed by atoms with E-state index in [4.69, 9.17) is 0 Å². The van der Waals surface area contributed by atoms with Crippen LogP contribution in [0.3, 0.4) is 0 Å². The number of allylic oxidation sites excluding steroid dienone is 1. The van der Waals surface area contributed by atoms with E-state index in [1.807, 2.05) is 79.9 Å². The van der Waals surface area contributed by atoms with Crippen molar-refractivity contribution < 1.29 is 24.6 Å². The Labute approximate surface area is 327 Å². The monoisotopic (exact) mass is 760 g/mol. The van der Waals surface area contributed by atoms with Crippen LogP contribution in [-0.2, 0) is 33.1 Å². The fourth-order valence-corrected chi connectivity index (χ4v) is 7.98.